The lowest BCUT2D eigenvalue weighted by atomic mass is 9.87. The van der Waals surface area contributed by atoms with Crippen molar-refractivity contribution in [3.8, 4) is 0 Å². The van der Waals surface area contributed by atoms with Crippen LogP contribution in [-0.4, -0.2) is 64.4 Å². The molecule has 0 amide bonds. The number of rotatable bonds is 3. The van der Waals surface area contributed by atoms with Crippen LogP contribution >= 0.6 is 0 Å². The molecule has 0 aliphatic carbocycles. The van der Waals surface area contributed by atoms with Gasteiger partial charge in [0.1, 0.15) is 12.1 Å². The third-order valence-corrected chi connectivity index (χ3v) is 7.37. The van der Waals surface area contributed by atoms with Crippen LogP contribution in [0.1, 0.15) is 38.5 Å². The molecule has 2 aliphatic heterocycles. The van der Waals surface area contributed by atoms with E-state index in [9.17, 15) is 8.42 Å². The summed E-state index contributed by atoms with van der Waals surface area (Å²) in [6.07, 6.45) is 11.0. The first-order valence-corrected chi connectivity index (χ1v) is 11.6. The van der Waals surface area contributed by atoms with Gasteiger partial charge in [0, 0.05) is 32.7 Å². The van der Waals surface area contributed by atoms with Crippen molar-refractivity contribution >= 4 is 26.9 Å². The van der Waals surface area contributed by atoms with Gasteiger partial charge in [-0.3, -0.25) is 4.68 Å². The van der Waals surface area contributed by atoms with E-state index in [0.29, 0.717) is 12.5 Å². The molecule has 0 aromatic carbocycles. The van der Waals surface area contributed by atoms with Crippen molar-refractivity contribution in [3.63, 3.8) is 0 Å². The molecule has 0 saturated carbocycles. The van der Waals surface area contributed by atoms with E-state index < -0.39 is 10.0 Å². The fourth-order valence-electron chi connectivity index (χ4n) is 4.69. The van der Waals surface area contributed by atoms with Gasteiger partial charge in [-0.25, -0.2) is 18.4 Å². The van der Waals surface area contributed by atoms with E-state index in [0.717, 1.165) is 68.5 Å². The highest BCUT2D eigenvalue weighted by Crippen LogP contribution is 2.33. The zero-order valence-electron chi connectivity index (χ0n) is 16.1. The molecule has 4 heterocycles. The van der Waals surface area contributed by atoms with Crippen LogP contribution in [-0.2, 0) is 17.1 Å². The minimum absolute atomic E-state index is 0.147. The Morgan fingerprint density at radius 3 is 2.56 bits per heavy atom. The molecule has 1 atom stereocenters. The molecule has 0 spiro atoms. The van der Waals surface area contributed by atoms with Crippen LogP contribution in [0.15, 0.2) is 12.5 Å². The number of nitrogens with zero attached hydrogens (tertiary/aromatic N) is 6. The predicted molar refractivity (Wildman–Crippen MR) is 105 cm³/mol. The Kier molecular flexibility index (Phi) is 5.07. The summed E-state index contributed by atoms with van der Waals surface area (Å²) in [5.41, 5.74) is 0.842. The minimum Gasteiger partial charge on any atom is -0.356 e. The van der Waals surface area contributed by atoms with Gasteiger partial charge in [-0.2, -0.15) is 9.40 Å². The molecular formula is C18H28N6O2S. The Balaban J connectivity index is 1.51. The molecule has 0 N–H and O–H groups in total. The van der Waals surface area contributed by atoms with Gasteiger partial charge in [0.05, 0.1) is 17.8 Å². The lowest BCUT2D eigenvalue weighted by Crippen LogP contribution is -2.47. The first kappa shape index (κ1) is 18.6. The zero-order valence-corrected chi connectivity index (χ0v) is 16.9. The van der Waals surface area contributed by atoms with Crippen LogP contribution in [0.4, 0.5) is 5.82 Å². The van der Waals surface area contributed by atoms with Gasteiger partial charge >= 0.3 is 0 Å². The van der Waals surface area contributed by atoms with Crippen molar-refractivity contribution in [2.24, 2.45) is 13.0 Å². The SMILES string of the molecule is Cn1ncc2c(N3CCC(C4CCCCCN4S(C)(=O)=O)CC3)ncnc21. The molecule has 0 bridgehead atoms. The van der Waals surface area contributed by atoms with Gasteiger partial charge in [0.15, 0.2) is 5.65 Å². The summed E-state index contributed by atoms with van der Waals surface area (Å²) < 4.78 is 28.2. The average Bonchev–Trinajstić information content (AvgIpc) is 2.87. The summed E-state index contributed by atoms with van der Waals surface area (Å²) in [6.45, 7) is 2.45. The van der Waals surface area contributed by atoms with E-state index in [1.54, 1.807) is 15.3 Å². The van der Waals surface area contributed by atoms with Crippen molar-refractivity contribution in [1.29, 1.82) is 0 Å². The molecule has 1 unspecified atom stereocenters. The molecule has 9 heteroatoms. The maximum atomic E-state index is 12.3. The molecule has 27 heavy (non-hydrogen) atoms. The van der Waals surface area contributed by atoms with Crippen molar-refractivity contribution in [1.82, 2.24) is 24.1 Å². The van der Waals surface area contributed by atoms with Crippen LogP contribution in [0.5, 0.6) is 0 Å². The van der Waals surface area contributed by atoms with Crippen LogP contribution in [0.3, 0.4) is 0 Å². The number of aryl methyl sites for hydroxylation is 1. The number of fused-ring (bicyclic) bond motifs is 1. The summed E-state index contributed by atoms with van der Waals surface area (Å²) in [5, 5.41) is 5.28. The average molecular weight is 393 g/mol. The second kappa shape index (κ2) is 7.35. The standard InChI is InChI=1S/C18H28N6O2S/c1-22-17-15(12-21-22)18(20-13-19-17)23-10-7-14(8-11-23)16-6-4-3-5-9-24(16)27(2,25)26/h12-14,16H,3-11H2,1-2H3. The molecule has 2 saturated heterocycles. The molecule has 4 rings (SSSR count). The number of anilines is 1. The fourth-order valence-corrected chi connectivity index (χ4v) is 5.92. The van der Waals surface area contributed by atoms with E-state index in [4.69, 9.17) is 0 Å². The molecule has 2 aromatic rings. The quantitative estimate of drug-likeness (QED) is 0.792. The smallest absolute Gasteiger partial charge is 0.211 e. The van der Waals surface area contributed by atoms with Gasteiger partial charge in [-0.05, 0) is 31.6 Å². The number of sulfonamides is 1. The topological polar surface area (TPSA) is 84.2 Å². The van der Waals surface area contributed by atoms with Crippen LogP contribution < -0.4 is 4.90 Å². The maximum Gasteiger partial charge on any atom is 0.211 e. The summed E-state index contributed by atoms with van der Waals surface area (Å²) >= 11 is 0. The highest BCUT2D eigenvalue weighted by atomic mass is 32.2. The van der Waals surface area contributed by atoms with Gasteiger partial charge in [0.2, 0.25) is 10.0 Å². The fraction of sp³-hybridized carbons (Fsp3) is 0.722. The molecule has 2 aliphatic rings. The monoisotopic (exact) mass is 392 g/mol. The zero-order chi connectivity index (χ0) is 19.0. The van der Waals surface area contributed by atoms with Crippen molar-refractivity contribution in [3.05, 3.63) is 12.5 Å². The molecule has 8 nitrogen and oxygen atoms in total. The number of aromatic nitrogens is 4. The number of hydrogen-bond donors (Lipinski definition) is 0. The van der Waals surface area contributed by atoms with E-state index in [-0.39, 0.29) is 6.04 Å². The van der Waals surface area contributed by atoms with Gasteiger partial charge in [-0.1, -0.05) is 12.8 Å². The Labute approximate surface area is 160 Å². The number of hydrogen-bond acceptors (Lipinski definition) is 6. The van der Waals surface area contributed by atoms with Crippen molar-refractivity contribution in [2.45, 2.75) is 44.6 Å². The highest BCUT2D eigenvalue weighted by molar-refractivity contribution is 7.88. The maximum absolute atomic E-state index is 12.3. The van der Waals surface area contributed by atoms with Gasteiger partial charge in [-0.15, -0.1) is 0 Å². The molecular weight excluding hydrogens is 364 g/mol. The third-order valence-electron chi connectivity index (χ3n) is 6.07. The van der Waals surface area contributed by atoms with Crippen LogP contribution in [0, 0.1) is 5.92 Å². The predicted octanol–water partition coefficient (Wildman–Crippen LogP) is 1.78. The van der Waals surface area contributed by atoms with Gasteiger partial charge < -0.3 is 4.90 Å². The first-order chi connectivity index (χ1) is 12.9. The summed E-state index contributed by atoms with van der Waals surface area (Å²) in [7, 11) is -1.27. The highest BCUT2D eigenvalue weighted by Gasteiger charge is 2.36. The molecule has 2 fully saturated rings. The molecule has 148 valence electrons. The number of piperidine rings is 1. The third kappa shape index (κ3) is 3.67. The van der Waals surface area contributed by atoms with E-state index >= 15 is 0 Å². The van der Waals surface area contributed by atoms with Gasteiger partial charge in [0.25, 0.3) is 0 Å². The van der Waals surface area contributed by atoms with Crippen LogP contribution in [0.2, 0.25) is 0 Å². The molecule has 2 aromatic heterocycles. The second-order valence-corrected chi connectivity index (χ2v) is 9.75. The Morgan fingerprint density at radius 2 is 1.81 bits per heavy atom. The summed E-state index contributed by atoms with van der Waals surface area (Å²) in [4.78, 5) is 11.1. The lowest BCUT2D eigenvalue weighted by molar-refractivity contribution is 0.206. The Hall–Kier alpha value is -1.74. The normalized spacial score (nSPS) is 23.6. The van der Waals surface area contributed by atoms with E-state index in [1.807, 2.05) is 13.2 Å². The van der Waals surface area contributed by atoms with E-state index in [1.165, 1.54) is 6.26 Å². The van der Waals surface area contributed by atoms with Crippen molar-refractivity contribution in [2.75, 3.05) is 30.8 Å². The molecule has 0 radical (unpaired) electrons. The second-order valence-electron chi connectivity index (χ2n) is 7.82. The van der Waals surface area contributed by atoms with Crippen LogP contribution in [0.25, 0.3) is 11.0 Å². The Bertz CT molecular complexity index is 904. The lowest BCUT2D eigenvalue weighted by Gasteiger charge is -2.40. The summed E-state index contributed by atoms with van der Waals surface area (Å²) in [5.74, 6) is 1.35. The first-order valence-electron chi connectivity index (χ1n) is 9.79. The summed E-state index contributed by atoms with van der Waals surface area (Å²) in [6, 6.07) is 0.147. The minimum atomic E-state index is -3.15. The van der Waals surface area contributed by atoms with E-state index in [2.05, 4.69) is 20.0 Å². The Morgan fingerprint density at radius 1 is 1.04 bits per heavy atom. The largest absolute Gasteiger partial charge is 0.356 e. The van der Waals surface area contributed by atoms with Crippen molar-refractivity contribution < 1.29 is 8.42 Å².